The van der Waals surface area contributed by atoms with Gasteiger partial charge in [0.25, 0.3) is 0 Å². The predicted molar refractivity (Wildman–Crippen MR) is 50.1 cm³/mol. The topological polar surface area (TPSA) is 26.3 Å². The maximum Gasteiger partial charge on any atom is 0.334 e. The monoisotopic (exact) mass is 178 g/mol. The fraction of sp³-hybridized carbons (Fsp3) is 0.545. The van der Waals surface area contributed by atoms with Gasteiger partial charge in [-0.25, -0.2) is 4.79 Å². The number of esters is 1. The Bertz CT molecular complexity index is 314. The van der Waals surface area contributed by atoms with E-state index in [-0.39, 0.29) is 11.6 Å². The van der Waals surface area contributed by atoms with Gasteiger partial charge < -0.3 is 4.74 Å². The van der Waals surface area contributed by atoms with Crippen LogP contribution in [0.15, 0.2) is 23.8 Å². The minimum atomic E-state index is -0.336. The van der Waals surface area contributed by atoms with Gasteiger partial charge in [-0.3, -0.25) is 0 Å². The summed E-state index contributed by atoms with van der Waals surface area (Å²) in [6.07, 6.45) is 3.66. The van der Waals surface area contributed by atoms with Crippen molar-refractivity contribution in [2.75, 3.05) is 0 Å². The molecule has 0 bridgehead atoms. The van der Waals surface area contributed by atoms with Crippen LogP contribution in [0.4, 0.5) is 0 Å². The van der Waals surface area contributed by atoms with Crippen LogP contribution in [0.1, 0.15) is 26.7 Å². The van der Waals surface area contributed by atoms with Gasteiger partial charge in [-0.1, -0.05) is 19.1 Å². The highest BCUT2D eigenvalue weighted by atomic mass is 16.6. The van der Waals surface area contributed by atoms with Crippen molar-refractivity contribution in [1.29, 1.82) is 0 Å². The normalized spacial score (nSPS) is 38.3. The van der Waals surface area contributed by atoms with Gasteiger partial charge >= 0.3 is 5.97 Å². The molecule has 1 aliphatic heterocycles. The van der Waals surface area contributed by atoms with Gasteiger partial charge in [0.05, 0.1) is 0 Å². The standard InChI is InChI=1S/C11H14O2/c1-7-4-11(5-8(7)2)6-9(3)10(12)13-11/h6,8H,1,4-5H2,2-3H3/t8?,11-/m0/s1. The van der Waals surface area contributed by atoms with Gasteiger partial charge in [-0.2, -0.15) is 0 Å². The fourth-order valence-electron chi connectivity index (χ4n) is 2.23. The molecule has 2 aliphatic rings. The Morgan fingerprint density at radius 3 is 2.77 bits per heavy atom. The van der Waals surface area contributed by atoms with Crippen LogP contribution < -0.4 is 0 Å². The summed E-state index contributed by atoms with van der Waals surface area (Å²) >= 11 is 0. The summed E-state index contributed by atoms with van der Waals surface area (Å²) in [5, 5.41) is 0. The quantitative estimate of drug-likeness (QED) is 0.420. The second-order valence-corrected chi connectivity index (χ2v) is 4.22. The molecule has 2 rings (SSSR count). The van der Waals surface area contributed by atoms with Crippen molar-refractivity contribution in [3.63, 3.8) is 0 Å². The molecule has 0 amide bonds. The molecule has 1 spiro atoms. The van der Waals surface area contributed by atoms with Gasteiger partial charge in [0.2, 0.25) is 0 Å². The van der Waals surface area contributed by atoms with Gasteiger partial charge in [0, 0.05) is 12.0 Å². The van der Waals surface area contributed by atoms with E-state index < -0.39 is 0 Å². The predicted octanol–water partition coefficient (Wildman–Crippen LogP) is 2.21. The smallest absolute Gasteiger partial charge is 0.334 e. The van der Waals surface area contributed by atoms with E-state index in [0.717, 1.165) is 18.4 Å². The maximum absolute atomic E-state index is 11.2. The molecule has 0 radical (unpaired) electrons. The van der Waals surface area contributed by atoms with Crippen molar-refractivity contribution in [2.45, 2.75) is 32.3 Å². The van der Waals surface area contributed by atoms with E-state index >= 15 is 0 Å². The van der Waals surface area contributed by atoms with Crippen molar-refractivity contribution < 1.29 is 9.53 Å². The van der Waals surface area contributed by atoms with Crippen LogP contribution in [0.2, 0.25) is 0 Å². The van der Waals surface area contributed by atoms with E-state index in [9.17, 15) is 4.79 Å². The molecule has 0 N–H and O–H groups in total. The lowest BCUT2D eigenvalue weighted by Gasteiger charge is -2.19. The Balaban J connectivity index is 2.27. The molecule has 1 unspecified atom stereocenters. The first kappa shape index (κ1) is 8.54. The first-order chi connectivity index (χ1) is 6.02. The molecule has 2 nitrogen and oxygen atoms in total. The van der Waals surface area contributed by atoms with Crippen molar-refractivity contribution in [3.8, 4) is 0 Å². The summed E-state index contributed by atoms with van der Waals surface area (Å²) in [4.78, 5) is 11.2. The summed E-state index contributed by atoms with van der Waals surface area (Å²) in [6, 6.07) is 0. The first-order valence-corrected chi connectivity index (χ1v) is 4.63. The zero-order valence-corrected chi connectivity index (χ0v) is 8.09. The molecule has 0 aromatic heterocycles. The molecule has 1 heterocycles. The summed E-state index contributed by atoms with van der Waals surface area (Å²) in [7, 11) is 0. The van der Waals surface area contributed by atoms with Crippen LogP contribution in [0.3, 0.4) is 0 Å². The third kappa shape index (κ3) is 1.21. The van der Waals surface area contributed by atoms with Gasteiger partial charge in [0.15, 0.2) is 0 Å². The molecular formula is C11H14O2. The molecule has 1 fully saturated rings. The third-order valence-electron chi connectivity index (χ3n) is 2.97. The number of rotatable bonds is 0. The zero-order chi connectivity index (χ0) is 9.64. The third-order valence-corrected chi connectivity index (χ3v) is 2.97. The highest BCUT2D eigenvalue weighted by molar-refractivity contribution is 5.91. The van der Waals surface area contributed by atoms with E-state index in [1.807, 2.05) is 13.0 Å². The summed E-state index contributed by atoms with van der Waals surface area (Å²) < 4.78 is 5.37. The molecule has 0 aromatic rings. The zero-order valence-electron chi connectivity index (χ0n) is 8.09. The lowest BCUT2D eigenvalue weighted by molar-refractivity contribution is -0.146. The van der Waals surface area contributed by atoms with Crippen molar-refractivity contribution in [3.05, 3.63) is 23.8 Å². The number of hydrogen-bond donors (Lipinski definition) is 0. The summed E-state index contributed by atoms with van der Waals surface area (Å²) in [5.41, 5.74) is 1.60. The highest BCUT2D eigenvalue weighted by Crippen LogP contribution is 2.44. The number of carbonyl (C=O) groups excluding carboxylic acids is 1. The Labute approximate surface area is 78.3 Å². The fourth-order valence-corrected chi connectivity index (χ4v) is 2.23. The average molecular weight is 178 g/mol. The molecule has 2 atom stereocenters. The van der Waals surface area contributed by atoms with Crippen molar-refractivity contribution in [1.82, 2.24) is 0 Å². The Hall–Kier alpha value is -1.05. The number of carbonyl (C=O) groups is 1. The molecule has 1 saturated carbocycles. The summed E-state index contributed by atoms with van der Waals surface area (Å²) in [5.74, 6) is 0.303. The molecule has 2 heteroatoms. The van der Waals surface area contributed by atoms with E-state index in [2.05, 4.69) is 13.5 Å². The average Bonchev–Trinajstić information content (AvgIpc) is 2.39. The van der Waals surface area contributed by atoms with E-state index in [1.54, 1.807) is 0 Å². The Morgan fingerprint density at radius 2 is 2.38 bits per heavy atom. The molecular weight excluding hydrogens is 164 g/mol. The van der Waals surface area contributed by atoms with E-state index in [4.69, 9.17) is 4.74 Å². The van der Waals surface area contributed by atoms with E-state index in [0.29, 0.717) is 5.92 Å². The largest absolute Gasteiger partial charge is 0.451 e. The lowest BCUT2D eigenvalue weighted by Crippen LogP contribution is -2.24. The van der Waals surface area contributed by atoms with Crippen LogP contribution in [0.5, 0.6) is 0 Å². The molecule has 13 heavy (non-hydrogen) atoms. The SMILES string of the molecule is C=C1C[C@@]2(C=C(C)C(=O)O2)CC1C. The van der Waals surface area contributed by atoms with Crippen LogP contribution in [-0.2, 0) is 9.53 Å². The molecule has 1 aliphatic carbocycles. The van der Waals surface area contributed by atoms with Crippen molar-refractivity contribution >= 4 is 5.97 Å². The van der Waals surface area contributed by atoms with Gasteiger partial charge in [-0.05, 0) is 25.3 Å². The van der Waals surface area contributed by atoms with E-state index in [1.165, 1.54) is 5.57 Å². The molecule has 0 aromatic carbocycles. The second kappa shape index (κ2) is 2.47. The minimum Gasteiger partial charge on any atom is -0.451 e. The van der Waals surface area contributed by atoms with Gasteiger partial charge in [-0.15, -0.1) is 0 Å². The van der Waals surface area contributed by atoms with Crippen LogP contribution in [-0.4, -0.2) is 11.6 Å². The van der Waals surface area contributed by atoms with Crippen LogP contribution in [0, 0.1) is 5.92 Å². The summed E-state index contributed by atoms with van der Waals surface area (Å²) in [6.45, 7) is 7.92. The van der Waals surface area contributed by atoms with Crippen LogP contribution in [0.25, 0.3) is 0 Å². The van der Waals surface area contributed by atoms with Crippen LogP contribution >= 0.6 is 0 Å². The lowest BCUT2D eigenvalue weighted by atomic mass is 10.0. The maximum atomic E-state index is 11.2. The first-order valence-electron chi connectivity index (χ1n) is 4.63. The van der Waals surface area contributed by atoms with Crippen molar-refractivity contribution in [2.24, 2.45) is 5.92 Å². The Morgan fingerprint density at radius 1 is 1.69 bits per heavy atom. The second-order valence-electron chi connectivity index (χ2n) is 4.22. The van der Waals surface area contributed by atoms with Gasteiger partial charge in [0.1, 0.15) is 5.60 Å². The minimum absolute atomic E-state index is 0.165. The molecule has 0 saturated heterocycles. The number of ether oxygens (including phenoxy) is 1. The molecule has 70 valence electrons. The highest BCUT2D eigenvalue weighted by Gasteiger charge is 2.45. The Kier molecular flexibility index (Phi) is 1.62. The number of hydrogen-bond acceptors (Lipinski definition) is 2.